The van der Waals surface area contributed by atoms with Gasteiger partial charge in [-0.15, -0.1) is 0 Å². The summed E-state index contributed by atoms with van der Waals surface area (Å²) in [5.74, 6) is 0. The van der Waals surface area contributed by atoms with Crippen molar-refractivity contribution in [3.63, 3.8) is 0 Å². The summed E-state index contributed by atoms with van der Waals surface area (Å²) in [7, 11) is 0. The predicted molar refractivity (Wildman–Crippen MR) is 45.4 cm³/mol. The number of carbonyl (C=O) groups is 2. The molecule has 0 aliphatic carbocycles. The van der Waals surface area contributed by atoms with Gasteiger partial charge in [-0.1, -0.05) is 0 Å². The molecule has 11 heavy (non-hydrogen) atoms. The third kappa shape index (κ3) is 118. The Bertz CT molecular complexity index is 115. The van der Waals surface area contributed by atoms with Gasteiger partial charge in [0.1, 0.15) is 0 Å². The van der Waals surface area contributed by atoms with Gasteiger partial charge in [-0.3, -0.25) is 0 Å². The van der Waals surface area contributed by atoms with Gasteiger partial charge in [-0.05, 0) is 6.92 Å². The third-order valence-corrected chi connectivity index (χ3v) is 0.287. The van der Waals surface area contributed by atoms with E-state index in [1.807, 2.05) is 0 Å². The van der Waals surface area contributed by atoms with Crippen LogP contribution in [0.3, 0.4) is 0 Å². The number of hydrogen-bond donors (Lipinski definition) is 3. The quantitative estimate of drug-likeness (QED) is 0.495. The first-order valence-corrected chi connectivity index (χ1v) is 2.47. The fraction of sp³-hybridized carbons (Fsp3) is 0.500. The lowest BCUT2D eigenvalue weighted by atomic mass is 10.9. The predicted octanol–water partition coefficient (Wildman–Crippen LogP) is -0.762. The van der Waals surface area contributed by atoms with Crippen molar-refractivity contribution in [1.29, 1.82) is 0 Å². The molecule has 0 aromatic rings. The Kier molecular flexibility index (Phi) is 17.4. The number of carbonyl (C=O) groups excluding carboxylic acids is 2. The number of nitrogens with two attached hydrogens (primary N) is 3. The van der Waals surface area contributed by atoms with Crippen molar-refractivity contribution < 1.29 is 14.3 Å². The number of primary amides is 3. The Hall–Kier alpha value is -1.11. The molecular weight excluding hydrogens is 170 g/mol. The fourth-order valence-electron chi connectivity index (χ4n) is 0.142. The van der Waals surface area contributed by atoms with E-state index in [4.69, 9.17) is 4.79 Å². The largest absolute Gasteiger partial charge is 0.450 e. The first-order valence-electron chi connectivity index (χ1n) is 2.47. The van der Waals surface area contributed by atoms with Crippen molar-refractivity contribution in [2.45, 2.75) is 6.92 Å². The second-order valence-corrected chi connectivity index (χ2v) is 1.15. The first-order chi connectivity index (χ1) is 4.50. The number of hydrogen-bond acceptors (Lipinski definition) is 3. The Labute approximate surface area is 71.5 Å². The summed E-state index contributed by atoms with van der Waals surface area (Å²) in [6.45, 7) is 2.06. The molecule has 0 aliphatic heterocycles. The van der Waals surface area contributed by atoms with E-state index in [9.17, 15) is 4.79 Å². The van der Waals surface area contributed by atoms with Crippen LogP contribution in [0.15, 0.2) is 0 Å². The van der Waals surface area contributed by atoms with E-state index >= 15 is 0 Å². The summed E-state index contributed by atoms with van der Waals surface area (Å²) in [6.07, 6.45) is -0.711. The van der Waals surface area contributed by atoms with Gasteiger partial charge in [-0.2, -0.15) is 13.5 Å². The molecule has 0 saturated carbocycles. The van der Waals surface area contributed by atoms with Crippen LogP contribution in [0.1, 0.15) is 6.92 Å². The average Bonchev–Trinajstić information content (AvgIpc) is 1.62. The maximum atomic E-state index is 9.60. The van der Waals surface area contributed by atoms with E-state index in [2.05, 4.69) is 21.9 Å². The molecule has 3 amide bonds. The molecule has 6 nitrogen and oxygen atoms in total. The van der Waals surface area contributed by atoms with Gasteiger partial charge in [0.05, 0.1) is 6.61 Å². The normalized spacial score (nSPS) is 6.27. The van der Waals surface area contributed by atoms with E-state index in [1.165, 1.54) is 0 Å². The zero-order valence-electron chi connectivity index (χ0n) is 6.16. The lowest BCUT2D eigenvalue weighted by Crippen LogP contribution is -2.18. The third-order valence-electron chi connectivity index (χ3n) is 0.287. The number of amides is 3. The summed E-state index contributed by atoms with van der Waals surface area (Å²) in [5, 5.41) is 0. The molecule has 0 spiro atoms. The minimum atomic E-state index is -0.833. The van der Waals surface area contributed by atoms with E-state index in [0.29, 0.717) is 6.61 Å². The van der Waals surface area contributed by atoms with Crippen LogP contribution in [0.2, 0.25) is 0 Å². The molecule has 0 fully saturated rings. The topological polar surface area (TPSA) is 121 Å². The summed E-state index contributed by atoms with van der Waals surface area (Å²) in [4.78, 5) is 18.6. The molecular formula is C4H13N3O3S. The summed E-state index contributed by atoms with van der Waals surface area (Å²) in [6, 6.07) is -0.833. The van der Waals surface area contributed by atoms with Crippen LogP contribution in [0.5, 0.6) is 0 Å². The molecule has 0 radical (unpaired) electrons. The van der Waals surface area contributed by atoms with E-state index in [-0.39, 0.29) is 13.5 Å². The van der Waals surface area contributed by atoms with Gasteiger partial charge in [0.25, 0.3) is 0 Å². The monoisotopic (exact) mass is 183 g/mol. The molecule has 0 unspecified atom stereocenters. The van der Waals surface area contributed by atoms with Gasteiger partial charge in [0.2, 0.25) is 0 Å². The van der Waals surface area contributed by atoms with Crippen molar-refractivity contribution >= 4 is 25.6 Å². The number of rotatable bonds is 1. The molecule has 68 valence electrons. The average molecular weight is 183 g/mol. The van der Waals surface area contributed by atoms with Gasteiger partial charge < -0.3 is 21.9 Å². The van der Waals surface area contributed by atoms with E-state index in [0.717, 1.165) is 0 Å². The summed E-state index contributed by atoms with van der Waals surface area (Å²) in [5.41, 5.74) is 13.0. The fourth-order valence-corrected chi connectivity index (χ4v) is 0.142. The van der Waals surface area contributed by atoms with Crippen LogP contribution in [0.4, 0.5) is 9.59 Å². The van der Waals surface area contributed by atoms with Crippen LogP contribution in [0.25, 0.3) is 0 Å². The zero-order valence-corrected chi connectivity index (χ0v) is 7.16. The van der Waals surface area contributed by atoms with Crippen molar-refractivity contribution in [2.75, 3.05) is 6.61 Å². The van der Waals surface area contributed by atoms with Crippen LogP contribution >= 0.6 is 13.5 Å². The van der Waals surface area contributed by atoms with Gasteiger partial charge in [-0.25, -0.2) is 9.59 Å². The minimum Gasteiger partial charge on any atom is -0.450 e. The standard InChI is InChI=1S/C3H7NO2.CH4N2O.H2S/c1-2-6-3(4)5;2-1(3)4;/h2H2,1H3,(H2,4,5);(H4,2,3,4);1H2. The molecule has 7 heteroatoms. The smallest absolute Gasteiger partial charge is 0.404 e. The van der Waals surface area contributed by atoms with Crippen molar-refractivity contribution in [3.8, 4) is 0 Å². The molecule has 6 N–H and O–H groups in total. The lowest BCUT2D eigenvalue weighted by Gasteiger charge is -1.89. The van der Waals surface area contributed by atoms with E-state index < -0.39 is 12.1 Å². The number of ether oxygens (including phenoxy) is 1. The van der Waals surface area contributed by atoms with Crippen molar-refractivity contribution in [2.24, 2.45) is 17.2 Å². The zero-order chi connectivity index (χ0) is 8.57. The molecule has 0 saturated heterocycles. The molecule has 0 aliphatic rings. The van der Waals surface area contributed by atoms with Crippen LogP contribution in [0, 0.1) is 0 Å². The molecule has 0 heterocycles. The summed E-state index contributed by atoms with van der Waals surface area (Å²) < 4.78 is 4.18. The van der Waals surface area contributed by atoms with Crippen LogP contribution < -0.4 is 17.2 Å². The Balaban J connectivity index is -0.000000114. The minimum absolute atomic E-state index is 0. The summed E-state index contributed by atoms with van der Waals surface area (Å²) >= 11 is 0. The van der Waals surface area contributed by atoms with Crippen molar-refractivity contribution in [1.82, 2.24) is 0 Å². The highest BCUT2D eigenvalue weighted by molar-refractivity contribution is 7.59. The Morgan fingerprint density at radius 2 is 1.55 bits per heavy atom. The second kappa shape index (κ2) is 11.7. The lowest BCUT2D eigenvalue weighted by molar-refractivity contribution is 0.163. The molecule has 0 bridgehead atoms. The van der Waals surface area contributed by atoms with Crippen LogP contribution in [-0.2, 0) is 4.74 Å². The highest BCUT2D eigenvalue weighted by atomic mass is 32.1. The molecule has 0 atom stereocenters. The molecule has 0 rings (SSSR count). The maximum Gasteiger partial charge on any atom is 0.404 e. The highest BCUT2D eigenvalue weighted by Gasteiger charge is 1.82. The van der Waals surface area contributed by atoms with Gasteiger partial charge in [0, 0.05) is 0 Å². The maximum absolute atomic E-state index is 9.60. The first kappa shape index (κ1) is 16.5. The highest BCUT2D eigenvalue weighted by Crippen LogP contribution is 1.66. The van der Waals surface area contributed by atoms with Crippen molar-refractivity contribution in [3.05, 3.63) is 0 Å². The number of urea groups is 1. The Morgan fingerprint density at radius 1 is 1.27 bits per heavy atom. The van der Waals surface area contributed by atoms with E-state index in [1.54, 1.807) is 6.92 Å². The SMILES string of the molecule is CCOC(N)=O.NC(N)=O.S. The Morgan fingerprint density at radius 3 is 1.55 bits per heavy atom. The second-order valence-electron chi connectivity index (χ2n) is 1.15. The van der Waals surface area contributed by atoms with Gasteiger partial charge >= 0.3 is 12.1 Å². The van der Waals surface area contributed by atoms with Gasteiger partial charge in [0.15, 0.2) is 0 Å². The molecule has 0 aromatic heterocycles. The molecule has 0 aromatic carbocycles. The van der Waals surface area contributed by atoms with Crippen LogP contribution in [-0.4, -0.2) is 18.7 Å².